The van der Waals surface area contributed by atoms with Gasteiger partial charge in [-0.2, -0.15) is 0 Å². The van der Waals surface area contributed by atoms with Crippen LogP contribution in [0.5, 0.6) is 0 Å². The van der Waals surface area contributed by atoms with Gasteiger partial charge in [0, 0.05) is 19.1 Å². The molecule has 1 atom stereocenters. The molecule has 1 amide bonds. The summed E-state index contributed by atoms with van der Waals surface area (Å²) in [6, 6.07) is 0.300. The molecule has 1 unspecified atom stereocenters. The highest BCUT2D eigenvalue weighted by molar-refractivity contribution is 5.92. The number of piperidine rings is 1. The van der Waals surface area contributed by atoms with Crippen LogP contribution in [-0.2, 0) is 0 Å². The smallest absolute Gasteiger partial charge is 0.271 e. The molecule has 1 saturated carbocycles. The normalized spacial score (nSPS) is 23.3. The summed E-state index contributed by atoms with van der Waals surface area (Å²) < 4.78 is 0. The summed E-state index contributed by atoms with van der Waals surface area (Å²) in [5, 5.41) is 3.13. The monoisotopic (exact) mass is 316 g/mol. The Hall–Kier alpha value is -1.65. The van der Waals surface area contributed by atoms with Crippen molar-refractivity contribution in [2.75, 3.05) is 18.0 Å². The van der Waals surface area contributed by atoms with Gasteiger partial charge in [-0.3, -0.25) is 4.79 Å². The molecule has 5 nitrogen and oxygen atoms in total. The average Bonchev–Trinajstić information content (AvgIpc) is 2.84. The summed E-state index contributed by atoms with van der Waals surface area (Å²) in [7, 11) is 0. The lowest BCUT2D eigenvalue weighted by molar-refractivity contribution is 0.0928. The summed E-state index contributed by atoms with van der Waals surface area (Å²) in [5.41, 5.74) is 0.433. The second-order valence-electron chi connectivity index (χ2n) is 7.12. The molecule has 126 valence electrons. The van der Waals surface area contributed by atoms with E-state index in [1.165, 1.54) is 38.5 Å². The van der Waals surface area contributed by atoms with E-state index < -0.39 is 0 Å². The maximum Gasteiger partial charge on any atom is 0.271 e. The highest BCUT2D eigenvalue weighted by Gasteiger charge is 2.20. The number of nitrogens with zero attached hydrogens (tertiary/aromatic N) is 3. The molecule has 0 radical (unpaired) electrons. The van der Waals surface area contributed by atoms with Gasteiger partial charge in [0.05, 0.1) is 12.4 Å². The molecule has 5 heteroatoms. The van der Waals surface area contributed by atoms with Crippen LogP contribution < -0.4 is 10.2 Å². The van der Waals surface area contributed by atoms with Gasteiger partial charge in [-0.15, -0.1) is 0 Å². The van der Waals surface area contributed by atoms with E-state index >= 15 is 0 Å². The van der Waals surface area contributed by atoms with Crippen LogP contribution in [0.1, 0.15) is 68.8 Å². The van der Waals surface area contributed by atoms with Crippen LogP contribution >= 0.6 is 0 Å². The zero-order chi connectivity index (χ0) is 16.1. The number of amides is 1. The fourth-order valence-corrected chi connectivity index (χ4v) is 3.68. The van der Waals surface area contributed by atoms with Crippen molar-refractivity contribution in [1.29, 1.82) is 0 Å². The summed E-state index contributed by atoms with van der Waals surface area (Å²) >= 11 is 0. The molecule has 0 spiro atoms. The molecular weight excluding hydrogens is 288 g/mol. The fraction of sp³-hybridized carbons (Fsp3) is 0.722. The highest BCUT2D eigenvalue weighted by Crippen LogP contribution is 2.21. The van der Waals surface area contributed by atoms with Crippen LogP contribution in [0.25, 0.3) is 0 Å². The minimum atomic E-state index is -0.0806. The Morgan fingerprint density at radius 1 is 1.09 bits per heavy atom. The lowest BCUT2D eigenvalue weighted by atomic mass is 10.0. The van der Waals surface area contributed by atoms with E-state index in [-0.39, 0.29) is 5.91 Å². The van der Waals surface area contributed by atoms with Gasteiger partial charge in [0.2, 0.25) is 0 Å². The van der Waals surface area contributed by atoms with Gasteiger partial charge in [0.1, 0.15) is 11.5 Å². The molecule has 0 aromatic carbocycles. The number of hydrogen-bond donors (Lipinski definition) is 1. The molecule has 2 fully saturated rings. The molecule has 1 aromatic heterocycles. The molecule has 1 N–H and O–H groups in total. The van der Waals surface area contributed by atoms with E-state index in [1.54, 1.807) is 12.4 Å². The first kappa shape index (κ1) is 16.2. The van der Waals surface area contributed by atoms with E-state index in [9.17, 15) is 4.79 Å². The van der Waals surface area contributed by atoms with Crippen molar-refractivity contribution in [3.05, 3.63) is 18.1 Å². The van der Waals surface area contributed by atoms with Gasteiger partial charge in [-0.05, 0) is 31.6 Å². The SMILES string of the molecule is CC1CCCN(c2cnc(C(=O)NC3CCCCCC3)cn2)C1. The maximum atomic E-state index is 12.3. The minimum absolute atomic E-state index is 0.0806. The Balaban J connectivity index is 1.58. The molecule has 2 heterocycles. The molecule has 1 saturated heterocycles. The second-order valence-corrected chi connectivity index (χ2v) is 7.12. The predicted molar refractivity (Wildman–Crippen MR) is 91.6 cm³/mol. The standard InChI is InChI=1S/C18H28N4O/c1-14-7-6-10-22(13-14)17-12-19-16(11-20-17)18(23)21-15-8-4-2-3-5-9-15/h11-12,14-15H,2-10,13H2,1H3,(H,21,23). The largest absolute Gasteiger partial charge is 0.355 e. The van der Waals surface area contributed by atoms with Gasteiger partial charge >= 0.3 is 0 Å². The predicted octanol–water partition coefficient (Wildman–Crippen LogP) is 3.17. The summed E-state index contributed by atoms with van der Waals surface area (Å²) in [6.07, 6.45) is 13.0. The van der Waals surface area contributed by atoms with Crippen LogP contribution in [0, 0.1) is 5.92 Å². The second kappa shape index (κ2) is 7.75. The van der Waals surface area contributed by atoms with E-state index in [0.29, 0.717) is 17.7 Å². The Morgan fingerprint density at radius 2 is 1.87 bits per heavy atom. The lowest BCUT2D eigenvalue weighted by Gasteiger charge is -2.31. The zero-order valence-electron chi connectivity index (χ0n) is 14.1. The number of anilines is 1. The number of nitrogens with one attached hydrogen (secondary N) is 1. The summed E-state index contributed by atoms with van der Waals surface area (Å²) in [5.74, 6) is 1.51. The number of hydrogen-bond acceptors (Lipinski definition) is 4. The fourth-order valence-electron chi connectivity index (χ4n) is 3.68. The van der Waals surface area contributed by atoms with Crippen LogP contribution in [0.3, 0.4) is 0 Å². The Kier molecular flexibility index (Phi) is 5.47. The molecular formula is C18H28N4O. The van der Waals surface area contributed by atoms with Crippen molar-refractivity contribution in [2.24, 2.45) is 5.92 Å². The zero-order valence-corrected chi connectivity index (χ0v) is 14.1. The molecule has 1 aromatic rings. The van der Waals surface area contributed by atoms with Crippen molar-refractivity contribution < 1.29 is 4.79 Å². The number of rotatable bonds is 3. The summed E-state index contributed by atoms with van der Waals surface area (Å²) in [6.45, 7) is 4.34. The third-order valence-electron chi connectivity index (χ3n) is 5.04. The quantitative estimate of drug-likeness (QED) is 0.870. The average molecular weight is 316 g/mol. The molecule has 23 heavy (non-hydrogen) atoms. The highest BCUT2D eigenvalue weighted by atomic mass is 16.1. The van der Waals surface area contributed by atoms with Crippen LogP contribution in [0.2, 0.25) is 0 Å². The topological polar surface area (TPSA) is 58.1 Å². The van der Waals surface area contributed by atoms with Crippen molar-refractivity contribution in [3.63, 3.8) is 0 Å². The molecule has 3 rings (SSSR count). The Bertz CT molecular complexity index is 508. The third-order valence-corrected chi connectivity index (χ3v) is 5.04. The molecule has 0 bridgehead atoms. The van der Waals surface area contributed by atoms with Gasteiger partial charge in [0.15, 0.2) is 0 Å². The van der Waals surface area contributed by atoms with Gasteiger partial charge in [-0.25, -0.2) is 9.97 Å². The van der Waals surface area contributed by atoms with Crippen molar-refractivity contribution in [3.8, 4) is 0 Å². The minimum Gasteiger partial charge on any atom is -0.355 e. The van der Waals surface area contributed by atoms with E-state index in [2.05, 4.69) is 27.1 Å². The van der Waals surface area contributed by atoms with Gasteiger partial charge in [-0.1, -0.05) is 32.6 Å². The van der Waals surface area contributed by atoms with E-state index in [1.807, 2.05) is 0 Å². The lowest BCUT2D eigenvalue weighted by Crippen LogP contribution is -2.36. The first-order valence-corrected chi connectivity index (χ1v) is 9.10. The number of aromatic nitrogens is 2. The van der Waals surface area contributed by atoms with Crippen molar-refractivity contribution in [2.45, 2.75) is 64.3 Å². The molecule has 2 aliphatic rings. The molecule has 1 aliphatic carbocycles. The number of carbonyl (C=O) groups excluding carboxylic acids is 1. The van der Waals surface area contributed by atoms with Crippen LogP contribution in [0.15, 0.2) is 12.4 Å². The summed E-state index contributed by atoms with van der Waals surface area (Å²) in [4.78, 5) is 23.4. The van der Waals surface area contributed by atoms with Crippen LogP contribution in [0.4, 0.5) is 5.82 Å². The van der Waals surface area contributed by atoms with Gasteiger partial charge < -0.3 is 10.2 Å². The van der Waals surface area contributed by atoms with E-state index in [4.69, 9.17) is 0 Å². The Morgan fingerprint density at radius 3 is 2.52 bits per heavy atom. The van der Waals surface area contributed by atoms with Crippen LogP contribution in [-0.4, -0.2) is 35.0 Å². The number of carbonyl (C=O) groups is 1. The first-order chi connectivity index (χ1) is 11.2. The van der Waals surface area contributed by atoms with Crippen molar-refractivity contribution in [1.82, 2.24) is 15.3 Å². The third kappa shape index (κ3) is 4.43. The first-order valence-electron chi connectivity index (χ1n) is 9.10. The Labute approximate surface area is 138 Å². The molecule has 1 aliphatic heterocycles. The van der Waals surface area contributed by atoms with E-state index in [0.717, 1.165) is 31.7 Å². The maximum absolute atomic E-state index is 12.3. The van der Waals surface area contributed by atoms with Gasteiger partial charge in [0.25, 0.3) is 5.91 Å². The van der Waals surface area contributed by atoms with Crippen molar-refractivity contribution >= 4 is 11.7 Å².